The Morgan fingerprint density at radius 3 is 2.64 bits per heavy atom. The van der Waals surface area contributed by atoms with Crippen LogP contribution in [-0.4, -0.2) is 21.0 Å². The number of aromatic nitrogens is 2. The van der Waals surface area contributed by atoms with Gasteiger partial charge in [-0.15, -0.1) is 11.8 Å². The molecule has 0 spiro atoms. The molecule has 0 radical (unpaired) electrons. The molecule has 0 saturated carbocycles. The molecule has 0 fully saturated rings. The highest BCUT2D eigenvalue weighted by Gasteiger charge is 2.14. The zero-order valence-electron chi connectivity index (χ0n) is 12.4. The van der Waals surface area contributed by atoms with Crippen molar-refractivity contribution in [3.8, 4) is 17.3 Å². The van der Waals surface area contributed by atoms with Crippen LogP contribution in [0.5, 0.6) is 5.88 Å². The second-order valence-corrected chi connectivity index (χ2v) is 5.81. The number of aryl methyl sites for hydroxylation is 1. The number of thioether (sulfide) groups is 1. The minimum atomic E-state index is 0.0754. The molecule has 3 rings (SSSR count). The van der Waals surface area contributed by atoms with E-state index in [1.165, 1.54) is 11.8 Å². The van der Waals surface area contributed by atoms with Gasteiger partial charge in [-0.05, 0) is 43.0 Å². The average molecular weight is 311 g/mol. The number of nitrogens with zero attached hydrogens (tertiary/aromatic N) is 2. The molecule has 4 nitrogen and oxygen atoms in total. The summed E-state index contributed by atoms with van der Waals surface area (Å²) in [4.78, 5) is 5.48. The smallest absolute Gasteiger partial charge is 0.231 e. The zero-order valence-corrected chi connectivity index (χ0v) is 13.3. The Morgan fingerprint density at radius 1 is 1.14 bits per heavy atom. The lowest BCUT2D eigenvalue weighted by atomic mass is 10.1. The van der Waals surface area contributed by atoms with Crippen molar-refractivity contribution in [3.05, 3.63) is 60.3 Å². The standard InChI is InChI=1S/C17H17N3OS/c1-12-8-9-14(15(10-12)22-2)17-18-11-16(21)20(17)19-13-6-4-3-5-7-13/h3-11,19,21H,1-2H3. The molecule has 0 amide bonds. The van der Waals surface area contributed by atoms with Crippen molar-refractivity contribution in [3.63, 3.8) is 0 Å². The molecule has 112 valence electrons. The van der Waals surface area contributed by atoms with Crippen molar-refractivity contribution < 1.29 is 5.11 Å². The maximum atomic E-state index is 10.1. The van der Waals surface area contributed by atoms with E-state index in [0.29, 0.717) is 5.82 Å². The van der Waals surface area contributed by atoms with E-state index in [0.717, 1.165) is 16.1 Å². The van der Waals surface area contributed by atoms with Gasteiger partial charge in [0, 0.05) is 10.5 Å². The number of hydrogen-bond acceptors (Lipinski definition) is 4. The number of benzene rings is 2. The lowest BCUT2D eigenvalue weighted by Gasteiger charge is -2.14. The number of imidazole rings is 1. The number of nitrogens with one attached hydrogen (secondary N) is 1. The summed E-state index contributed by atoms with van der Waals surface area (Å²) in [5.41, 5.74) is 6.25. The van der Waals surface area contributed by atoms with Gasteiger partial charge in [0.15, 0.2) is 5.82 Å². The van der Waals surface area contributed by atoms with Crippen molar-refractivity contribution in [2.24, 2.45) is 0 Å². The third-order valence-corrected chi connectivity index (χ3v) is 4.13. The van der Waals surface area contributed by atoms with Gasteiger partial charge in [0.25, 0.3) is 0 Å². The SMILES string of the molecule is CSc1cc(C)ccc1-c1ncc(O)n1Nc1ccccc1. The molecule has 2 N–H and O–H groups in total. The van der Waals surface area contributed by atoms with Crippen LogP contribution >= 0.6 is 11.8 Å². The van der Waals surface area contributed by atoms with Gasteiger partial charge >= 0.3 is 0 Å². The van der Waals surface area contributed by atoms with E-state index in [2.05, 4.69) is 23.4 Å². The molecule has 1 heterocycles. The van der Waals surface area contributed by atoms with Crippen molar-refractivity contribution in [2.45, 2.75) is 11.8 Å². The predicted molar refractivity (Wildman–Crippen MR) is 91.3 cm³/mol. The minimum absolute atomic E-state index is 0.0754. The second kappa shape index (κ2) is 6.15. The number of aromatic hydroxyl groups is 1. The first-order chi connectivity index (χ1) is 10.7. The third-order valence-electron chi connectivity index (χ3n) is 3.36. The van der Waals surface area contributed by atoms with Crippen LogP contribution in [0.25, 0.3) is 11.4 Å². The molecule has 0 unspecified atom stereocenters. The van der Waals surface area contributed by atoms with E-state index in [1.54, 1.807) is 16.4 Å². The average Bonchev–Trinajstić information content (AvgIpc) is 2.89. The summed E-state index contributed by atoms with van der Waals surface area (Å²) in [6, 6.07) is 15.9. The quantitative estimate of drug-likeness (QED) is 0.710. The van der Waals surface area contributed by atoms with Gasteiger partial charge in [0.05, 0.1) is 11.9 Å². The molecule has 0 aliphatic heterocycles. The van der Waals surface area contributed by atoms with Crippen LogP contribution in [0.2, 0.25) is 0 Å². The molecule has 0 aliphatic rings. The van der Waals surface area contributed by atoms with Crippen LogP contribution in [0.1, 0.15) is 5.56 Å². The molecule has 22 heavy (non-hydrogen) atoms. The largest absolute Gasteiger partial charge is 0.492 e. The topological polar surface area (TPSA) is 50.1 Å². The van der Waals surface area contributed by atoms with Crippen LogP contribution in [0.4, 0.5) is 5.69 Å². The molecular weight excluding hydrogens is 294 g/mol. The maximum Gasteiger partial charge on any atom is 0.231 e. The summed E-state index contributed by atoms with van der Waals surface area (Å²) in [6.07, 6.45) is 3.49. The Kier molecular flexibility index (Phi) is 4.06. The number of anilines is 1. The molecule has 0 atom stereocenters. The van der Waals surface area contributed by atoms with Crippen molar-refractivity contribution in [2.75, 3.05) is 11.7 Å². The predicted octanol–water partition coefficient (Wildman–Crippen LogP) is 4.16. The normalized spacial score (nSPS) is 10.6. The number of hydrogen-bond donors (Lipinski definition) is 2. The lowest BCUT2D eigenvalue weighted by molar-refractivity contribution is 0.437. The van der Waals surface area contributed by atoms with Gasteiger partial charge in [-0.3, -0.25) is 5.43 Å². The van der Waals surface area contributed by atoms with Crippen molar-refractivity contribution in [1.29, 1.82) is 0 Å². The lowest BCUT2D eigenvalue weighted by Crippen LogP contribution is -2.10. The highest BCUT2D eigenvalue weighted by molar-refractivity contribution is 7.98. The minimum Gasteiger partial charge on any atom is -0.492 e. The maximum absolute atomic E-state index is 10.1. The summed E-state index contributed by atoms with van der Waals surface area (Å²) in [6.45, 7) is 2.07. The highest BCUT2D eigenvalue weighted by Crippen LogP contribution is 2.32. The van der Waals surface area contributed by atoms with E-state index in [-0.39, 0.29) is 5.88 Å². The summed E-state index contributed by atoms with van der Waals surface area (Å²) >= 11 is 1.67. The fourth-order valence-corrected chi connectivity index (χ4v) is 2.95. The van der Waals surface area contributed by atoms with E-state index in [4.69, 9.17) is 0 Å². The fourth-order valence-electron chi connectivity index (χ4n) is 2.27. The summed E-state index contributed by atoms with van der Waals surface area (Å²) < 4.78 is 1.60. The van der Waals surface area contributed by atoms with E-state index in [1.807, 2.05) is 48.7 Å². The molecule has 0 aliphatic carbocycles. The van der Waals surface area contributed by atoms with Crippen LogP contribution in [0, 0.1) is 6.92 Å². The monoisotopic (exact) mass is 311 g/mol. The second-order valence-electron chi connectivity index (χ2n) is 4.96. The first-order valence-electron chi connectivity index (χ1n) is 6.93. The first kappa shape index (κ1) is 14.5. The van der Waals surface area contributed by atoms with Crippen LogP contribution in [0.3, 0.4) is 0 Å². The van der Waals surface area contributed by atoms with Gasteiger partial charge in [-0.2, -0.15) is 0 Å². The molecule has 2 aromatic carbocycles. The number of para-hydroxylation sites is 1. The Morgan fingerprint density at radius 2 is 1.91 bits per heavy atom. The van der Waals surface area contributed by atoms with Crippen molar-refractivity contribution >= 4 is 17.4 Å². The highest BCUT2D eigenvalue weighted by atomic mass is 32.2. The summed E-state index contributed by atoms with van der Waals surface area (Å²) in [5.74, 6) is 0.761. The Hall–Kier alpha value is -2.40. The van der Waals surface area contributed by atoms with E-state index >= 15 is 0 Å². The Bertz CT molecular complexity index is 784. The summed E-state index contributed by atoms with van der Waals surface area (Å²) in [7, 11) is 0. The first-order valence-corrected chi connectivity index (χ1v) is 8.15. The van der Waals surface area contributed by atoms with Crippen LogP contribution in [0.15, 0.2) is 59.6 Å². The van der Waals surface area contributed by atoms with E-state index < -0.39 is 0 Å². The van der Waals surface area contributed by atoms with Crippen molar-refractivity contribution in [1.82, 2.24) is 9.66 Å². The Labute approximate surface area is 133 Å². The van der Waals surface area contributed by atoms with E-state index in [9.17, 15) is 5.11 Å². The van der Waals surface area contributed by atoms with Crippen LogP contribution < -0.4 is 5.43 Å². The third kappa shape index (κ3) is 2.80. The van der Waals surface area contributed by atoms with Gasteiger partial charge in [-0.25, -0.2) is 9.66 Å². The molecule has 0 bridgehead atoms. The summed E-state index contributed by atoms with van der Waals surface area (Å²) in [5, 5.41) is 10.1. The molecule has 1 aromatic heterocycles. The fraction of sp³-hybridized carbons (Fsp3) is 0.118. The van der Waals surface area contributed by atoms with Gasteiger partial charge in [-0.1, -0.05) is 24.3 Å². The van der Waals surface area contributed by atoms with Gasteiger partial charge in [0.2, 0.25) is 5.88 Å². The molecule has 0 saturated heterocycles. The van der Waals surface area contributed by atoms with Gasteiger partial charge < -0.3 is 5.11 Å². The number of rotatable bonds is 4. The molecule has 5 heteroatoms. The Balaban J connectivity index is 2.06. The van der Waals surface area contributed by atoms with Crippen LogP contribution in [-0.2, 0) is 0 Å². The molecular formula is C17H17N3OS. The van der Waals surface area contributed by atoms with Gasteiger partial charge in [0.1, 0.15) is 0 Å². The zero-order chi connectivity index (χ0) is 15.5. The molecule has 3 aromatic rings.